The lowest BCUT2D eigenvalue weighted by Gasteiger charge is -2.14. The third-order valence-electron chi connectivity index (χ3n) is 5.77. The third-order valence-corrected chi connectivity index (χ3v) is 6.67. The Morgan fingerprint density at radius 1 is 1.05 bits per heavy atom. The molecule has 1 heterocycles. The minimum absolute atomic E-state index is 0.0243. The fourth-order valence-electron chi connectivity index (χ4n) is 3.80. The van der Waals surface area contributed by atoms with Gasteiger partial charge in [0.15, 0.2) is 6.61 Å². The number of nitrogens with one attached hydrogen (secondary N) is 1. The number of benzene rings is 3. The third kappa shape index (κ3) is 6.46. The molecule has 194 valence electrons. The molecule has 0 spiro atoms. The average Bonchev–Trinajstić information content (AvgIpc) is 3.16. The predicted octanol–water partition coefficient (Wildman–Crippen LogP) is 5.97. The Kier molecular flexibility index (Phi) is 8.22. The number of imide groups is 1. The maximum absolute atomic E-state index is 12.8. The van der Waals surface area contributed by atoms with Crippen LogP contribution in [0, 0.1) is 10.1 Å². The summed E-state index contributed by atoms with van der Waals surface area (Å²) in [6, 6.07) is 20.2. The zero-order valence-electron chi connectivity index (χ0n) is 20.7. The number of thioether (sulfide) groups is 1. The number of hydrogen-bond donors (Lipinski definition) is 1. The number of carbonyl (C=O) groups excluding carboxylic acids is 3. The summed E-state index contributed by atoms with van der Waals surface area (Å²) in [6.07, 6.45) is 1.61. The summed E-state index contributed by atoms with van der Waals surface area (Å²) in [6.45, 7) is 3.98. The Hall–Kier alpha value is -4.44. The molecule has 0 radical (unpaired) electrons. The molecule has 0 saturated carbocycles. The van der Waals surface area contributed by atoms with Crippen LogP contribution in [-0.2, 0) is 16.1 Å². The van der Waals surface area contributed by atoms with E-state index in [1.54, 1.807) is 30.3 Å². The van der Waals surface area contributed by atoms with Gasteiger partial charge in [-0.15, -0.1) is 0 Å². The van der Waals surface area contributed by atoms with Crippen LogP contribution in [0.25, 0.3) is 6.08 Å². The van der Waals surface area contributed by atoms with E-state index in [1.807, 2.05) is 24.3 Å². The molecule has 0 atom stereocenters. The zero-order valence-corrected chi connectivity index (χ0v) is 21.6. The Morgan fingerprint density at radius 2 is 1.74 bits per heavy atom. The molecule has 0 bridgehead atoms. The number of rotatable bonds is 9. The maximum atomic E-state index is 12.8. The van der Waals surface area contributed by atoms with Crippen LogP contribution < -0.4 is 10.1 Å². The second-order valence-electron chi connectivity index (χ2n) is 8.84. The van der Waals surface area contributed by atoms with Crippen molar-refractivity contribution in [2.45, 2.75) is 26.3 Å². The molecule has 1 fully saturated rings. The summed E-state index contributed by atoms with van der Waals surface area (Å²) >= 11 is 0.832. The van der Waals surface area contributed by atoms with Crippen LogP contribution in [0.15, 0.2) is 77.7 Å². The number of nitrogens with zero attached hydrogens (tertiary/aromatic N) is 2. The molecular formula is C28H25N3O6S. The minimum Gasteiger partial charge on any atom is -0.484 e. The van der Waals surface area contributed by atoms with Crippen molar-refractivity contribution in [3.63, 3.8) is 0 Å². The first kappa shape index (κ1) is 26.6. The Labute approximate surface area is 223 Å². The highest BCUT2D eigenvalue weighted by atomic mass is 32.2. The molecule has 1 N–H and O–H groups in total. The molecule has 10 heteroatoms. The number of carbonyl (C=O) groups is 3. The number of nitro benzene ring substituents is 1. The van der Waals surface area contributed by atoms with Crippen molar-refractivity contribution < 1.29 is 24.0 Å². The summed E-state index contributed by atoms with van der Waals surface area (Å²) in [5.74, 6) is 0.0466. The highest BCUT2D eigenvalue weighted by Gasteiger charge is 2.35. The molecule has 0 aromatic heterocycles. The largest absolute Gasteiger partial charge is 0.484 e. The van der Waals surface area contributed by atoms with E-state index in [1.165, 1.54) is 24.3 Å². The quantitative estimate of drug-likeness (QED) is 0.205. The van der Waals surface area contributed by atoms with Gasteiger partial charge in [-0.25, -0.2) is 0 Å². The van der Waals surface area contributed by atoms with Gasteiger partial charge in [0.05, 0.1) is 16.4 Å². The SMILES string of the molecule is CC(C)c1ccccc1NC(=O)COc1ccc(C=C2SC(=O)N(Cc3ccc([N+](=O)[O-])cc3)C2=O)cc1. The van der Waals surface area contributed by atoms with Gasteiger partial charge in [-0.3, -0.25) is 29.4 Å². The lowest BCUT2D eigenvalue weighted by Crippen LogP contribution is -2.27. The number of anilines is 1. The van der Waals surface area contributed by atoms with Gasteiger partial charge in [0.2, 0.25) is 0 Å². The monoisotopic (exact) mass is 531 g/mol. The van der Waals surface area contributed by atoms with Crippen molar-refractivity contribution in [3.8, 4) is 5.75 Å². The van der Waals surface area contributed by atoms with Crippen LogP contribution in [0.5, 0.6) is 5.75 Å². The van der Waals surface area contributed by atoms with E-state index in [9.17, 15) is 24.5 Å². The molecule has 1 saturated heterocycles. The van der Waals surface area contributed by atoms with E-state index in [4.69, 9.17) is 4.74 Å². The van der Waals surface area contributed by atoms with Gasteiger partial charge < -0.3 is 10.1 Å². The van der Waals surface area contributed by atoms with Gasteiger partial charge in [-0.2, -0.15) is 0 Å². The van der Waals surface area contributed by atoms with Crippen molar-refractivity contribution in [2.75, 3.05) is 11.9 Å². The van der Waals surface area contributed by atoms with E-state index >= 15 is 0 Å². The highest BCUT2D eigenvalue weighted by Crippen LogP contribution is 2.33. The molecule has 1 aliphatic rings. The number of nitro groups is 1. The molecule has 0 aliphatic carbocycles. The van der Waals surface area contributed by atoms with Crippen LogP contribution in [0.3, 0.4) is 0 Å². The van der Waals surface area contributed by atoms with E-state index in [0.29, 0.717) is 16.9 Å². The summed E-state index contributed by atoms with van der Waals surface area (Å²) in [4.78, 5) is 49.3. The van der Waals surface area contributed by atoms with Crippen molar-refractivity contribution >= 4 is 46.3 Å². The first-order chi connectivity index (χ1) is 18.2. The number of amides is 3. The lowest BCUT2D eigenvalue weighted by molar-refractivity contribution is -0.384. The Bertz CT molecular complexity index is 1400. The van der Waals surface area contributed by atoms with Crippen molar-refractivity contribution in [3.05, 3.63) is 105 Å². The van der Waals surface area contributed by atoms with Gasteiger partial charge in [0.25, 0.3) is 22.7 Å². The van der Waals surface area contributed by atoms with Crippen LogP contribution in [0.4, 0.5) is 16.2 Å². The maximum Gasteiger partial charge on any atom is 0.293 e. The Balaban J connectivity index is 1.34. The van der Waals surface area contributed by atoms with Crippen molar-refractivity contribution in [1.82, 2.24) is 4.90 Å². The lowest BCUT2D eigenvalue weighted by atomic mass is 10.0. The van der Waals surface area contributed by atoms with Gasteiger partial charge in [-0.1, -0.05) is 56.3 Å². The molecule has 0 unspecified atom stereocenters. The summed E-state index contributed by atoms with van der Waals surface area (Å²) in [5, 5.41) is 13.3. The molecule has 38 heavy (non-hydrogen) atoms. The van der Waals surface area contributed by atoms with Gasteiger partial charge in [-0.05, 0) is 58.6 Å². The first-order valence-electron chi connectivity index (χ1n) is 11.8. The van der Waals surface area contributed by atoms with Crippen LogP contribution >= 0.6 is 11.8 Å². The van der Waals surface area contributed by atoms with Gasteiger partial charge in [0, 0.05) is 17.8 Å². The standard InChI is InChI=1S/C28H25N3O6S/c1-18(2)23-5-3-4-6-24(23)29-26(32)17-37-22-13-9-19(10-14-22)15-25-27(33)30(28(34)38-25)16-20-7-11-21(12-8-20)31(35)36/h3-15,18H,16-17H2,1-2H3,(H,29,32). The second-order valence-corrected chi connectivity index (χ2v) is 9.83. The molecule has 3 aromatic carbocycles. The fourth-order valence-corrected chi connectivity index (χ4v) is 4.64. The Morgan fingerprint density at radius 3 is 2.39 bits per heavy atom. The molecule has 1 aliphatic heterocycles. The number of hydrogen-bond acceptors (Lipinski definition) is 7. The van der Waals surface area contributed by atoms with E-state index < -0.39 is 16.1 Å². The minimum atomic E-state index is -0.509. The average molecular weight is 532 g/mol. The van der Waals surface area contributed by atoms with Gasteiger partial charge in [0.1, 0.15) is 5.75 Å². The topological polar surface area (TPSA) is 119 Å². The molecule has 4 rings (SSSR count). The first-order valence-corrected chi connectivity index (χ1v) is 12.6. The summed E-state index contributed by atoms with van der Waals surface area (Å²) < 4.78 is 5.60. The summed E-state index contributed by atoms with van der Waals surface area (Å²) in [7, 11) is 0. The molecular weight excluding hydrogens is 506 g/mol. The normalized spacial score (nSPS) is 14.3. The second kappa shape index (κ2) is 11.7. The highest BCUT2D eigenvalue weighted by molar-refractivity contribution is 8.18. The number of para-hydroxylation sites is 1. The molecule has 3 aromatic rings. The predicted molar refractivity (Wildman–Crippen MR) is 146 cm³/mol. The van der Waals surface area contributed by atoms with Gasteiger partial charge >= 0.3 is 0 Å². The molecule has 9 nitrogen and oxygen atoms in total. The van der Waals surface area contributed by atoms with E-state index in [0.717, 1.165) is 27.9 Å². The van der Waals surface area contributed by atoms with Crippen LogP contribution in [0.2, 0.25) is 0 Å². The van der Waals surface area contributed by atoms with Crippen LogP contribution in [0.1, 0.15) is 36.5 Å². The zero-order chi connectivity index (χ0) is 27.2. The van der Waals surface area contributed by atoms with Crippen molar-refractivity contribution in [1.29, 1.82) is 0 Å². The number of ether oxygens (including phenoxy) is 1. The fraction of sp³-hybridized carbons (Fsp3) is 0.179. The number of non-ortho nitro benzene ring substituents is 1. The van der Waals surface area contributed by atoms with Crippen LogP contribution in [-0.4, -0.2) is 33.5 Å². The molecule has 3 amide bonds. The van der Waals surface area contributed by atoms with Crippen molar-refractivity contribution in [2.24, 2.45) is 0 Å². The summed E-state index contributed by atoms with van der Waals surface area (Å²) in [5.41, 5.74) is 3.04. The smallest absolute Gasteiger partial charge is 0.293 e. The van der Waals surface area contributed by atoms with E-state index in [-0.39, 0.29) is 35.6 Å². The van der Waals surface area contributed by atoms with E-state index in [2.05, 4.69) is 19.2 Å².